The van der Waals surface area contributed by atoms with Crippen molar-refractivity contribution in [3.63, 3.8) is 0 Å². The Kier molecular flexibility index (Phi) is 6.95. The van der Waals surface area contributed by atoms with Crippen LogP contribution in [0.4, 0.5) is 0 Å². The third-order valence-electron chi connectivity index (χ3n) is 2.53. The summed E-state index contributed by atoms with van der Waals surface area (Å²) in [5.74, 6) is 1.45. The van der Waals surface area contributed by atoms with Crippen LogP contribution in [0, 0.1) is 0 Å². The number of nitrogens with zero attached hydrogens (tertiary/aromatic N) is 2. The lowest BCUT2D eigenvalue weighted by atomic mass is 10.3. The molecule has 0 unspecified atom stereocenters. The van der Waals surface area contributed by atoms with E-state index in [1.54, 1.807) is 26.4 Å². The van der Waals surface area contributed by atoms with Gasteiger partial charge in [0.05, 0.1) is 6.26 Å². The number of amides is 1. The molecule has 6 nitrogen and oxygen atoms in total. The molecule has 1 heterocycles. The van der Waals surface area contributed by atoms with Gasteiger partial charge >= 0.3 is 0 Å². The van der Waals surface area contributed by atoms with E-state index in [4.69, 9.17) is 4.42 Å². The predicted octanol–water partition coefficient (Wildman–Crippen LogP) is 0.632. The van der Waals surface area contributed by atoms with Crippen molar-refractivity contribution in [2.24, 2.45) is 4.99 Å². The number of furan rings is 1. The van der Waals surface area contributed by atoms with Crippen LogP contribution in [0.3, 0.4) is 0 Å². The molecule has 0 atom stereocenters. The number of carbonyl (C=O) groups is 1. The minimum Gasteiger partial charge on any atom is -0.469 e. The van der Waals surface area contributed by atoms with Gasteiger partial charge in [0, 0.05) is 33.6 Å². The average molecular weight is 278 g/mol. The minimum atomic E-state index is -0.0456. The van der Waals surface area contributed by atoms with E-state index < -0.39 is 0 Å². The van der Waals surface area contributed by atoms with E-state index in [0.29, 0.717) is 19.0 Å². The molecule has 0 bridgehead atoms. The standard InChI is InChI=1S/C14H22N4O2/c1-4-8-15-14(17-11-13(19)18(2)3)16-9-7-12-6-5-10-20-12/h4-6,10H,1,7-9,11H2,2-3H3,(H2,15,16,17). The van der Waals surface area contributed by atoms with Crippen molar-refractivity contribution in [3.8, 4) is 0 Å². The van der Waals surface area contributed by atoms with E-state index in [2.05, 4.69) is 22.2 Å². The van der Waals surface area contributed by atoms with Crippen LogP contribution >= 0.6 is 0 Å². The Labute approximate surface area is 119 Å². The first-order valence-electron chi connectivity index (χ1n) is 6.49. The highest BCUT2D eigenvalue weighted by Gasteiger charge is 2.04. The van der Waals surface area contributed by atoms with Gasteiger partial charge in [0.15, 0.2) is 5.96 Å². The molecule has 0 aromatic carbocycles. The quantitative estimate of drug-likeness (QED) is 0.436. The summed E-state index contributed by atoms with van der Waals surface area (Å²) in [7, 11) is 3.41. The number of nitrogens with one attached hydrogen (secondary N) is 2. The Bertz CT molecular complexity index is 438. The molecule has 0 aliphatic heterocycles. The predicted molar refractivity (Wildman–Crippen MR) is 79.6 cm³/mol. The fourth-order valence-electron chi connectivity index (χ4n) is 1.39. The molecule has 1 amide bonds. The van der Waals surface area contributed by atoms with Gasteiger partial charge in [0.2, 0.25) is 5.91 Å². The van der Waals surface area contributed by atoms with Gasteiger partial charge in [-0.1, -0.05) is 6.08 Å². The fourth-order valence-corrected chi connectivity index (χ4v) is 1.39. The third kappa shape index (κ3) is 6.08. The molecule has 1 rings (SSSR count). The van der Waals surface area contributed by atoms with Crippen LogP contribution in [0.2, 0.25) is 0 Å². The van der Waals surface area contributed by atoms with E-state index in [-0.39, 0.29) is 12.5 Å². The van der Waals surface area contributed by atoms with E-state index in [0.717, 1.165) is 12.2 Å². The van der Waals surface area contributed by atoms with Crippen molar-refractivity contribution < 1.29 is 9.21 Å². The zero-order chi connectivity index (χ0) is 14.8. The SMILES string of the molecule is C=CCNC(=NCC(=O)N(C)C)NCCc1ccco1. The van der Waals surface area contributed by atoms with E-state index in [1.807, 2.05) is 12.1 Å². The molecular formula is C14H22N4O2. The highest BCUT2D eigenvalue weighted by molar-refractivity contribution is 5.84. The van der Waals surface area contributed by atoms with Crippen LogP contribution in [0.15, 0.2) is 40.5 Å². The largest absolute Gasteiger partial charge is 0.469 e. The molecule has 6 heteroatoms. The molecule has 0 radical (unpaired) electrons. The molecule has 2 N–H and O–H groups in total. The molecule has 0 aliphatic rings. The number of hydrogen-bond acceptors (Lipinski definition) is 3. The second-order valence-electron chi connectivity index (χ2n) is 4.38. The number of hydrogen-bond donors (Lipinski definition) is 2. The van der Waals surface area contributed by atoms with Crippen LogP contribution in [0.5, 0.6) is 0 Å². The van der Waals surface area contributed by atoms with Crippen LogP contribution in [-0.2, 0) is 11.2 Å². The summed E-state index contributed by atoms with van der Waals surface area (Å²) in [6.45, 7) is 5.01. The normalized spacial score (nSPS) is 11.0. The van der Waals surface area contributed by atoms with E-state index in [1.165, 1.54) is 4.90 Å². The Balaban J connectivity index is 2.43. The maximum atomic E-state index is 11.5. The molecule has 20 heavy (non-hydrogen) atoms. The molecule has 0 saturated carbocycles. The minimum absolute atomic E-state index is 0.0456. The first-order valence-corrected chi connectivity index (χ1v) is 6.49. The molecule has 110 valence electrons. The second kappa shape index (κ2) is 8.79. The second-order valence-corrected chi connectivity index (χ2v) is 4.38. The van der Waals surface area contributed by atoms with Gasteiger partial charge in [-0.15, -0.1) is 6.58 Å². The number of likely N-dealkylation sites (N-methyl/N-ethyl adjacent to an activating group) is 1. The van der Waals surface area contributed by atoms with Crippen molar-refractivity contribution >= 4 is 11.9 Å². The lowest BCUT2D eigenvalue weighted by molar-refractivity contribution is -0.127. The van der Waals surface area contributed by atoms with Gasteiger partial charge in [-0.3, -0.25) is 4.79 Å². The summed E-state index contributed by atoms with van der Waals surface area (Å²) in [6, 6.07) is 3.78. The van der Waals surface area contributed by atoms with E-state index >= 15 is 0 Å². The van der Waals surface area contributed by atoms with Crippen molar-refractivity contribution in [1.29, 1.82) is 0 Å². The first-order chi connectivity index (χ1) is 9.63. The summed E-state index contributed by atoms with van der Waals surface area (Å²) in [6.07, 6.45) is 4.14. The molecule has 0 spiro atoms. The lowest BCUT2D eigenvalue weighted by Crippen LogP contribution is -2.39. The summed E-state index contributed by atoms with van der Waals surface area (Å²) in [5.41, 5.74) is 0. The van der Waals surface area contributed by atoms with Gasteiger partial charge in [0.25, 0.3) is 0 Å². The summed E-state index contributed by atoms with van der Waals surface area (Å²) in [4.78, 5) is 17.2. The molecule has 1 aromatic rings. The highest BCUT2D eigenvalue weighted by atomic mass is 16.3. The van der Waals surface area contributed by atoms with Crippen LogP contribution < -0.4 is 10.6 Å². The number of guanidine groups is 1. The van der Waals surface area contributed by atoms with Crippen molar-refractivity contribution in [1.82, 2.24) is 15.5 Å². The monoisotopic (exact) mass is 278 g/mol. The zero-order valence-corrected chi connectivity index (χ0v) is 12.1. The van der Waals surface area contributed by atoms with Crippen LogP contribution in [0.25, 0.3) is 0 Å². The topological polar surface area (TPSA) is 69.9 Å². The molecular weight excluding hydrogens is 256 g/mol. The first kappa shape index (κ1) is 15.8. The van der Waals surface area contributed by atoms with Gasteiger partial charge in [-0.2, -0.15) is 0 Å². The van der Waals surface area contributed by atoms with Gasteiger partial charge in [0.1, 0.15) is 12.3 Å². The lowest BCUT2D eigenvalue weighted by Gasteiger charge is -2.12. The number of carbonyl (C=O) groups excluding carboxylic acids is 1. The number of rotatable bonds is 7. The van der Waals surface area contributed by atoms with E-state index in [9.17, 15) is 4.79 Å². The third-order valence-corrected chi connectivity index (χ3v) is 2.53. The van der Waals surface area contributed by atoms with Gasteiger partial charge in [-0.05, 0) is 12.1 Å². The number of aliphatic imine (C=N–C) groups is 1. The van der Waals surface area contributed by atoms with Crippen molar-refractivity contribution in [3.05, 3.63) is 36.8 Å². The Morgan fingerprint density at radius 1 is 1.50 bits per heavy atom. The summed E-state index contributed by atoms with van der Waals surface area (Å²) >= 11 is 0. The van der Waals surface area contributed by atoms with Gasteiger partial charge in [-0.25, -0.2) is 4.99 Å². The van der Waals surface area contributed by atoms with Crippen molar-refractivity contribution in [2.45, 2.75) is 6.42 Å². The molecule has 1 aromatic heterocycles. The summed E-state index contributed by atoms with van der Waals surface area (Å²) in [5, 5.41) is 6.21. The smallest absolute Gasteiger partial charge is 0.243 e. The fraction of sp³-hybridized carbons (Fsp3) is 0.429. The molecule has 0 saturated heterocycles. The maximum Gasteiger partial charge on any atom is 0.243 e. The maximum absolute atomic E-state index is 11.5. The average Bonchev–Trinajstić information content (AvgIpc) is 2.93. The Morgan fingerprint density at radius 3 is 2.90 bits per heavy atom. The van der Waals surface area contributed by atoms with Gasteiger partial charge < -0.3 is 20.0 Å². The zero-order valence-electron chi connectivity index (χ0n) is 12.1. The summed E-state index contributed by atoms with van der Waals surface area (Å²) < 4.78 is 5.25. The molecule has 0 fully saturated rings. The van der Waals surface area contributed by atoms with Crippen molar-refractivity contribution in [2.75, 3.05) is 33.7 Å². The van der Waals surface area contributed by atoms with Crippen LogP contribution in [-0.4, -0.2) is 50.5 Å². The van der Waals surface area contributed by atoms with Crippen LogP contribution in [0.1, 0.15) is 5.76 Å². The molecule has 0 aliphatic carbocycles. The Hall–Kier alpha value is -2.24. The Morgan fingerprint density at radius 2 is 2.30 bits per heavy atom. The highest BCUT2D eigenvalue weighted by Crippen LogP contribution is 1.99.